The molecule has 2 aliphatic rings. The maximum Gasteiger partial charge on any atom is 0.411 e. The van der Waals surface area contributed by atoms with E-state index in [9.17, 15) is 4.79 Å². The van der Waals surface area contributed by atoms with Gasteiger partial charge in [-0.1, -0.05) is 48.0 Å². The Hall–Kier alpha value is -4.33. The van der Waals surface area contributed by atoms with E-state index in [2.05, 4.69) is 33.6 Å². The predicted octanol–water partition coefficient (Wildman–Crippen LogP) is 6.35. The van der Waals surface area contributed by atoms with Gasteiger partial charge >= 0.3 is 6.09 Å². The quantitative estimate of drug-likeness (QED) is 0.312. The molecule has 6 rings (SSSR count). The van der Waals surface area contributed by atoms with Gasteiger partial charge in [-0.25, -0.2) is 4.79 Å². The van der Waals surface area contributed by atoms with Crippen LogP contribution in [0.4, 0.5) is 10.5 Å². The van der Waals surface area contributed by atoms with Gasteiger partial charge in [0, 0.05) is 42.9 Å². The van der Waals surface area contributed by atoms with Crippen molar-refractivity contribution in [3.05, 3.63) is 130 Å². The van der Waals surface area contributed by atoms with Crippen molar-refractivity contribution >= 4 is 17.4 Å². The number of aryl methyl sites for hydroxylation is 2. The number of hydrogen-bond donors (Lipinski definition) is 1. The molecule has 0 saturated carbocycles. The Morgan fingerprint density at radius 2 is 1.57 bits per heavy atom. The maximum absolute atomic E-state index is 12.5. The number of hydrogen-bond acceptors (Lipinski definition) is 6. The number of piperidine rings is 1. The van der Waals surface area contributed by atoms with Crippen molar-refractivity contribution in [3.63, 3.8) is 0 Å². The first-order chi connectivity index (χ1) is 19.7. The second-order valence-electron chi connectivity index (χ2n) is 10.1. The highest BCUT2D eigenvalue weighted by molar-refractivity contribution is 5.88. The van der Waals surface area contributed by atoms with Gasteiger partial charge in [-0.05, 0) is 83.8 Å². The largest absolute Gasteiger partial charge is 0.444 e. The van der Waals surface area contributed by atoms with E-state index in [0.29, 0.717) is 6.61 Å². The molecular weight excluding hydrogens is 500 g/mol. The van der Waals surface area contributed by atoms with E-state index in [4.69, 9.17) is 14.6 Å². The molecule has 1 aliphatic carbocycles. The number of benzene rings is 2. The molecule has 0 atom stereocenters. The zero-order valence-corrected chi connectivity index (χ0v) is 22.4. The van der Waals surface area contributed by atoms with Crippen molar-refractivity contribution in [2.75, 3.05) is 18.4 Å². The Morgan fingerprint density at radius 1 is 0.800 bits per heavy atom. The topological polar surface area (TPSA) is 76.6 Å². The number of amides is 1. The van der Waals surface area contributed by atoms with E-state index >= 15 is 0 Å². The number of fused-ring (bicyclic) bond motifs is 2. The number of anilines is 1. The lowest BCUT2D eigenvalue weighted by Gasteiger charge is -2.29. The van der Waals surface area contributed by atoms with Crippen LogP contribution < -0.4 is 5.32 Å². The van der Waals surface area contributed by atoms with Crippen molar-refractivity contribution in [2.45, 2.75) is 38.9 Å². The lowest BCUT2D eigenvalue weighted by atomic mass is 9.89. The van der Waals surface area contributed by atoms with Crippen molar-refractivity contribution in [1.82, 2.24) is 15.0 Å². The minimum Gasteiger partial charge on any atom is -0.444 e. The minimum absolute atomic E-state index is 0.234. The van der Waals surface area contributed by atoms with Gasteiger partial charge < -0.3 is 4.74 Å². The summed E-state index contributed by atoms with van der Waals surface area (Å²) in [6.45, 7) is 2.44. The van der Waals surface area contributed by atoms with Gasteiger partial charge in [0.2, 0.25) is 0 Å². The van der Waals surface area contributed by atoms with Crippen LogP contribution in [0.25, 0.3) is 5.57 Å². The summed E-state index contributed by atoms with van der Waals surface area (Å²) in [6.07, 6.45) is 8.60. The highest BCUT2D eigenvalue weighted by Gasteiger charge is 2.25. The number of nitrogens with zero attached hydrogens (tertiary/aromatic N) is 3. The van der Waals surface area contributed by atoms with Gasteiger partial charge in [-0.15, -0.1) is 0 Å². The second kappa shape index (κ2) is 12.2. The zero-order valence-electron chi connectivity index (χ0n) is 22.4. The van der Waals surface area contributed by atoms with Crippen LogP contribution in [0.15, 0.2) is 97.0 Å². The van der Waals surface area contributed by atoms with Crippen molar-refractivity contribution in [3.8, 4) is 0 Å². The molecule has 1 N–H and O–H groups in total. The van der Waals surface area contributed by atoms with Crippen LogP contribution in [-0.4, -0.2) is 34.2 Å². The monoisotopic (exact) mass is 532 g/mol. The summed E-state index contributed by atoms with van der Waals surface area (Å²) in [7, 11) is 0. The van der Waals surface area contributed by atoms with Gasteiger partial charge in [-0.3, -0.25) is 20.1 Å². The van der Waals surface area contributed by atoms with Crippen LogP contribution in [0, 0.1) is 0 Å². The lowest BCUT2D eigenvalue weighted by molar-refractivity contribution is -0.173. The summed E-state index contributed by atoms with van der Waals surface area (Å²) in [5.74, 6) is 0. The zero-order chi connectivity index (χ0) is 27.1. The fourth-order valence-corrected chi connectivity index (χ4v) is 5.40. The van der Waals surface area contributed by atoms with Crippen LogP contribution in [0.3, 0.4) is 0 Å². The third-order valence-electron chi connectivity index (χ3n) is 7.47. The predicted molar refractivity (Wildman–Crippen MR) is 154 cm³/mol. The van der Waals surface area contributed by atoms with Crippen LogP contribution in [0.2, 0.25) is 0 Å². The van der Waals surface area contributed by atoms with Gasteiger partial charge in [0.25, 0.3) is 0 Å². The van der Waals surface area contributed by atoms with Crippen LogP contribution >= 0.6 is 0 Å². The number of aromatic nitrogens is 2. The Morgan fingerprint density at radius 3 is 2.40 bits per heavy atom. The first-order valence-electron chi connectivity index (χ1n) is 13.8. The van der Waals surface area contributed by atoms with E-state index in [1.54, 1.807) is 12.4 Å². The highest BCUT2D eigenvalue weighted by atomic mass is 16.7. The fraction of sp³-hybridized carbons (Fsp3) is 0.242. The second-order valence-corrected chi connectivity index (χ2v) is 10.1. The Kier molecular flexibility index (Phi) is 7.93. The number of nitrogens with one attached hydrogen (secondary N) is 1. The molecule has 1 saturated heterocycles. The van der Waals surface area contributed by atoms with Crippen molar-refractivity contribution < 1.29 is 14.4 Å². The summed E-state index contributed by atoms with van der Waals surface area (Å²) in [5, 5.41) is 4.98. The summed E-state index contributed by atoms with van der Waals surface area (Å²) < 4.78 is 5.44. The minimum atomic E-state index is -0.458. The molecule has 0 bridgehead atoms. The third-order valence-corrected chi connectivity index (χ3v) is 7.47. The number of ether oxygens (including phenoxy) is 1. The van der Waals surface area contributed by atoms with Gasteiger partial charge in [0.1, 0.15) is 6.61 Å². The third kappa shape index (κ3) is 6.11. The number of pyridine rings is 2. The SMILES string of the molecule is O=C(Nc1ccc2c(c1)CCc1cccnc1C2=C1CCN(OCc2ccncc2)CC1)OCc1ccccc1. The molecule has 0 radical (unpaired) electrons. The van der Waals surface area contributed by atoms with Crippen LogP contribution in [-0.2, 0) is 35.6 Å². The van der Waals surface area contributed by atoms with Gasteiger partial charge in [0.15, 0.2) is 0 Å². The van der Waals surface area contributed by atoms with Crippen molar-refractivity contribution in [2.24, 2.45) is 0 Å². The molecule has 7 nitrogen and oxygen atoms in total. The molecule has 0 unspecified atom stereocenters. The summed E-state index contributed by atoms with van der Waals surface area (Å²) in [5.41, 5.74) is 10.2. The number of carbonyl (C=O) groups excluding carboxylic acids is 1. The lowest BCUT2D eigenvalue weighted by Crippen LogP contribution is -2.31. The Balaban J connectivity index is 1.20. The Bertz CT molecular complexity index is 1490. The molecule has 2 aromatic heterocycles. The first kappa shape index (κ1) is 25.9. The molecule has 7 heteroatoms. The maximum atomic E-state index is 12.5. The van der Waals surface area contributed by atoms with E-state index in [-0.39, 0.29) is 6.61 Å². The summed E-state index contributed by atoms with van der Waals surface area (Å²) in [6, 6.07) is 24.0. The van der Waals surface area contributed by atoms with Crippen LogP contribution in [0.1, 0.15) is 46.4 Å². The van der Waals surface area contributed by atoms with E-state index in [1.807, 2.05) is 60.8 Å². The average molecular weight is 533 g/mol. The van der Waals surface area contributed by atoms with E-state index < -0.39 is 6.09 Å². The Labute approximate surface area is 234 Å². The summed E-state index contributed by atoms with van der Waals surface area (Å²) in [4.78, 5) is 27.5. The fourth-order valence-electron chi connectivity index (χ4n) is 5.40. The van der Waals surface area contributed by atoms with Crippen molar-refractivity contribution in [1.29, 1.82) is 0 Å². The summed E-state index contributed by atoms with van der Waals surface area (Å²) >= 11 is 0. The standard InChI is InChI=1S/C33H32N4O3/c38-33(39-22-24-5-2-1-3-6-24)36-29-10-11-30-28(21-29)9-8-27-7-4-16-35-32(27)31(30)26-14-19-37(20-15-26)40-23-25-12-17-34-18-13-25/h1-7,10-13,16-18,21H,8-9,14-15,19-20,22-23H2,(H,36,38). The van der Waals surface area contributed by atoms with E-state index in [0.717, 1.165) is 61.3 Å². The molecule has 202 valence electrons. The molecule has 4 aromatic rings. The average Bonchev–Trinajstić information content (AvgIpc) is 3.17. The highest BCUT2D eigenvalue weighted by Crippen LogP contribution is 2.38. The van der Waals surface area contributed by atoms with Gasteiger partial charge in [0.05, 0.1) is 12.3 Å². The number of hydroxylamine groups is 2. The van der Waals surface area contributed by atoms with E-state index in [1.165, 1.54) is 27.8 Å². The number of rotatable bonds is 6. The molecule has 0 spiro atoms. The molecular formula is C33H32N4O3. The molecule has 1 aliphatic heterocycles. The number of carbonyl (C=O) groups is 1. The normalized spacial score (nSPS) is 15.1. The molecule has 1 fully saturated rings. The van der Waals surface area contributed by atoms with Crippen LogP contribution in [0.5, 0.6) is 0 Å². The molecule has 40 heavy (non-hydrogen) atoms. The first-order valence-corrected chi connectivity index (χ1v) is 13.8. The smallest absolute Gasteiger partial charge is 0.411 e. The molecule has 3 heterocycles. The molecule has 1 amide bonds. The van der Waals surface area contributed by atoms with Gasteiger partial charge in [-0.2, -0.15) is 5.06 Å². The molecule has 2 aromatic carbocycles.